The van der Waals surface area contributed by atoms with E-state index in [4.69, 9.17) is 5.73 Å². The molecule has 1 aromatic carbocycles. The van der Waals surface area contributed by atoms with Crippen molar-refractivity contribution in [3.8, 4) is 0 Å². The summed E-state index contributed by atoms with van der Waals surface area (Å²) in [6.07, 6.45) is 0. The summed E-state index contributed by atoms with van der Waals surface area (Å²) in [5.74, 6) is 1.43. The van der Waals surface area contributed by atoms with Crippen molar-refractivity contribution in [2.45, 2.75) is 33.2 Å². The van der Waals surface area contributed by atoms with Crippen LogP contribution in [0, 0.1) is 6.92 Å². The molecule has 0 unspecified atom stereocenters. The van der Waals surface area contributed by atoms with Crippen molar-refractivity contribution in [3.63, 3.8) is 0 Å². The third-order valence-corrected chi connectivity index (χ3v) is 3.25. The minimum Gasteiger partial charge on any atom is -0.397 e. The Balaban J connectivity index is 2.00. The van der Waals surface area contributed by atoms with E-state index in [1.165, 1.54) is 11.1 Å². The Morgan fingerprint density at radius 3 is 2.37 bits per heavy atom. The maximum atomic E-state index is 5.75. The Kier molecular flexibility index (Phi) is 4.05. The molecule has 0 radical (unpaired) electrons. The predicted octanol–water partition coefficient (Wildman–Crippen LogP) is 3.71. The summed E-state index contributed by atoms with van der Waals surface area (Å²) in [6, 6.07) is 12.5. The van der Waals surface area contributed by atoms with Crippen LogP contribution in [0.2, 0.25) is 0 Å². The molecule has 1 aromatic heterocycles. The van der Waals surface area contributed by atoms with E-state index >= 15 is 0 Å². The fraction of sp³-hybridized carbons (Fsp3) is 0.312. The Labute approximate surface area is 114 Å². The molecule has 0 aliphatic carbocycles. The minimum atomic E-state index is 0.573. The van der Waals surface area contributed by atoms with Crippen molar-refractivity contribution in [2.75, 3.05) is 11.1 Å². The summed E-state index contributed by atoms with van der Waals surface area (Å²) < 4.78 is 0. The second-order valence-corrected chi connectivity index (χ2v) is 5.12. The van der Waals surface area contributed by atoms with Crippen molar-refractivity contribution in [3.05, 3.63) is 53.2 Å². The van der Waals surface area contributed by atoms with Crippen LogP contribution >= 0.6 is 0 Å². The fourth-order valence-electron chi connectivity index (χ4n) is 1.88. The standard InChI is InChI=1S/C16H21N3/c1-11(2)14-6-4-13(5-7-14)10-18-16-9-8-15(17)12(3)19-16/h4-9,11H,10,17H2,1-3H3,(H,18,19). The number of rotatable bonds is 4. The van der Waals surface area contributed by atoms with E-state index in [1.54, 1.807) is 0 Å². The molecule has 0 saturated carbocycles. The third kappa shape index (κ3) is 3.47. The van der Waals surface area contributed by atoms with Gasteiger partial charge in [0, 0.05) is 6.54 Å². The molecule has 0 saturated heterocycles. The third-order valence-electron chi connectivity index (χ3n) is 3.25. The SMILES string of the molecule is Cc1nc(NCc2ccc(C(C)C)cc2)ccc1N. The van der Waals surface area contributed by atoms with Gasteiger partial charge in [0.2, 0.25) is 0 Å². The molecule has 0 bridgehead atoms. The minimum absolute atomic E-state index is 0.573. The maximum Gasteiger partial charge on any atom is 0.126 e. The summed E-state index contributed by atoms with van der Waals surface area (Å²) >= 11 is 0. The molecule has 0 spiro atoms. The molecular formula is C16H21N3. The number of anilines is 2. The van der Waals surface area contributed by atoms with Crippen LogP contribution in [-0.4, -0.2) is 4.98 Å². The Hall–Kier alpha value is -2.03. The zero-order valence-corrected chi connectivity index (χ0v) is 11.8. The van der Waals surface area contributed by atoms with E-state index in [0.29, 0.717) is 5.92 Å². The zero-order chi connectivity index (χ0) is 13.8. The van der Waals surface area contributed by atoms with Crippen LogP contribution < -0.4 is 11.1 Å². The Morgan fingerprint density at radius 1 is 1.11 bits per heavy atom. The molecule has 0 fully saturated rings. The van der Waals surface area contributed by atoms with Crippen LogP contribution in [0.1, 0.15) is 36.6 Å². The molecule has 0 atom stereocenters. The highest BCUT2D eigenvalue weighted by atomic mass is 15.0. The van der Waals surface area contributed by atoms with Gasteiger partial charge >= 0.3 is 0 Å². The Bertz CT molecular complexity index is 544. The molecule has 0 aliphatic heterocycles. The lowest BCUT2D eigenvalue weighted by Crippen LogP contribution is -2.03. The van der Waals surface area contributed by atoms with Gasteiger partial charge in [-0.05, 0) is 36.1 Å². The number of pyridine rings is 1. The second-order valence-electron chi connectivity index (χ2n) is 5.12. The monoisotopic (exact) mass is 255 g/mol. The molecule has 2 rings (SSSR count). The summed E-state index contributed by atoms with van der Waals surface area (Å²) in [5.41, 5.74) is 9.96. The second kappa shape index (κ2) is 5.74. The molecule has 0 amide bonds. The molecule has 3 N–H and O–H groups in total. The van der Waals surface area contributed by atoms with Crippen LogP contribution in [0.3, 0.4) is 0 Å². The molecule has 100 valence electrons. The number of nitrogens with one attached hydrogen (secondary N) is 1. The van der Waals surface area contributed by atoms with Crippen LogP contribution in [0.25, 0.3) is 0 Å². The van der Waals surface area contributed by atoms with Gasteiger partial charge in [0.15, 0.2) is 0 Å². The smallest absolute Gasteiger partial charge is 0.126 e. The number of aryl methyl sites for hydroxylation is 1. The first-order valence-electron chi connectivity index (χ1n) is 6.62. The zero-order valence-electron chi connectivity index (χ0n) is 11.8. The first-order valence-corrected chi connectivity index (χ1v) is 6.62. The molecule has 3 nitrogen and oxygen atoms in total. The summed E-state index contributed by atoms with van der Waals surface area (Å²) in [7, 11) is 0. The van der Waals surface area contributed by atoms with E-state index in [1.807, 2.05) is 19.1 Å². The van der Waals surface area contributed by atoms with E-state index in [9.17, 15) is 0 Å². The van der Waals surface area contributed by atoms with Crippen molar-refractivity contribution in [1.29, 1.82) is 0 Å². The van der Waals surface area contributed by atoms with Crippen LogP contribution in [0.5, 0.6) is 0 Å². The summed E-state index contributed by atoms with van der Waals surface area (Å²) in [5, 5.41) is 3.31. The maximum absolute atomic E-state index is 5.75. The lowest BCUT2D eigenvalue weighted by atomic mass is 10.0. The average Bonchev–Trinajstić information content (AvgIpc) is 2.40. The van der Waals surface area contributed by atoms with Crippen molar-refractivity contribution in [1.82, 2.24) is 4.98 Å². The lowest BCUT2D eigenvalue weighted by Gasteiger charge is -2.09. The van der Waals surface area contributed by atoms with E-state index < -0.39 is 0 Å². The molecule has 1 heterocycles. The number of nitrogen functional groups attached to an aromatic ring is 1. The van der Waals surface area contributed by atoms with E-state index in [2.05, 4.69) is 48.4 Å². The quantitative estimate of drug-likeness (QED) is 0.875. The first kappa shape index (κ1) is 13.4. The molecule has 3 heteroatoms. The largest absolute Gasteiger partial charge is 0.397 e. The van der Waals surface area contributed by atoms with Gasteiger partial charge in [-0.25, -0.2) is 4.98 Å². The van der Waals surface area contributed by atoms with Gasteiger partial charge in [-0.2, -0.15) is 0 Å². The highest BCUT2D eigenvalue weighted by Gasteiger charge is 2.01. The highest BCUT2D eigenvalue weighted by molar-refractivity contribution is 5.49. The average molecular weight is 255 g/mol. The summed E-state index contributed by atoms with van der Waals surface area (Å²) in [4.78, 5) is 4.40. The van der Waals surface area contributed by atoms with E-state index in [0.717, 1.165) is 23.7 Å². The summed E-state index contributed by atoms with van der Waals surface area (Å²) in [6.45, 7) is 7.09. The number of hydrogen-bond donors (Lipinski definition) is 2. The van der Waals surface area contributed by atoms with Crippen LogP contribution in [-0.2, 0) is 6.54 Å². The fourth-order valence-corrected chi connectivity index (χ4v) is 1.88. The number of nitrogens with zero attached hydrogens (tertiary/aromatic N) is 1. The number of hydrogen-bond acceptors (Lipinski definition) is 3. The normalized spacial score (nSPS) is 10.7. The number of nitrogens with two attached hydrogens (primary N) is 1. The van der Waals surface area contributed by atoms with Crippen molar-refractivity contribution >= 4 is 11.5 Å². The van der Waals surface area contributed by atoms with Crippen molar-refractivity contribution in [2.24, 2.45) is 0 Å². The first-order chi connectivity index (χ1) is 9.06. The van der Waals surface area contributed by atoms with Crippen LogP contribution in [0.4, 0.5) is 11.5 Å². The molecule has 2 aromatic rings. The van der Waals surface area contributed by atoms with Gasteiger partial charge in [0.05, 0.1) is 11.4 Å². The number of aromatic nitrogens is 1. The van der Waals surface area contributed by atoms with Crippen LogP contribution in [0.15, 0.2) is 36.4 Å². The van der Waals surface area contributed by atoms with Gasteiger partial charge in [-0.1, -0.05) is 38.1 Å². The van der Waals surface area contributed by atoms with Crippen molar-refractivity contribution < 1.29 is 0 Å². The van der Waals surface area contributed by atoms with Gasteiger partial charge < -0.3 is 11.1 Å². The van der Waals surface area contributed by atoms with Gasteiger partial charge in [0.1, 0.15) is 5.82 Å². The number of benzene rings is 1. The van der Waals surface area contributed by atoms with E-state index in [-0.39, 0.29) is 0 Å². The lowest BCUT2D eigenvalue weighted by molar-refractivity contribution is 0.865. The van der Waals surface area contributed by atoms with Gasteiger partial charge in [-0.3, -0.25) is 0 Å². The van der Waals surface area contributed by atoms with Gasteiger partial charge in [0.25, 0.3) is 0 Å². The Morgan fingerprint density at radius 2 is 1.79 bits per heavy atom. The topological polar surface area (TPSA) is 50.9 Å². The molecule has 0 aliphatic rings. The molecule has 19 heavy (non-hydrogen) atoms. The van der Waals surface area contributed by atoms with Gasteiger partial charge in [-0.15, -0.1) is 0 Å². The predicted molar refractivity (Wildman–Crippen MR) is 81.2 cm³/mol. The highest BCUT2D eigenvalue weighted by Crippen LogP contribution is 2.16. The molecular weight excluding hydrogens is 234 g/mol.